The Morgan fingerprint density at radius 1 is 1.05 bits per heavy atom. The topological polar surface area (TPSA) is 26.3 Å². The van der Waals surface area contributed by atoms with Crippen LogP contribution < -0.4 is 4.74 Å². The third-order valence-corrected chi connectivity index (χ3v) is 3.07. The van der Waals surface area contributed by atoms with Crippen molar-refractivity contribution in [3.8, 4) is 5.75 Å². The quantitative estimate of drug-likeness (QED) is 0.756. The Labute approximate surface area is 114 Å². The molecule has 0 aliphatic rings. The van der Waals surface area contributed by atoms with E-state index >= 15 is 0 Å². The lowest BCUT2D eigenvalue weighted by molar-refractivity contribution is 0.0818. The summed E-state index contributed by atoms with van der Waals surface area (Å²) in [4.78, 5) is 12.2. The van der Waals surface area contributed by atoms with E-state index in [0.717, 1.165) is 6.42 Å². The van der Waals surface area contributed by atoms with Crippen molar-refractivity contribution in [2.75, 3.05) is 0 Å². The minimum absolute atomic E-state index is 0.00602. The van der Waals surface area contributed by atoms with Crippen LogP contribution in [0, 0.1) is 0 Å². The third-order valence-electron chi connectivity index (χ3n) is 3.07. The molecule has 0 aromatic heterocycles. The summed E-state index contributed by atoms with van der Waals surface area (Å²) in [6.45, 7) is 3.88. The summed E-state index contributed by atoms with van der Waals surface area (Å²) in [7, 11) is 0. The van der Waals surface area contributed by atoms with Crippen LogP contribution >= 0.6 is 0 Å². The van der Waals surface area contributed by atoms with Crippen molar-refractivity contribution in [3.63, 3.8) is 0 Å². The molecule has 2 heteroatoms. The fourth-order valence-electron chi connectivity index (χ4n) is 1.90. The van der Waals surface area contributed by atoms with Crippen LogP contribution in [-0.4, -0.2) is 11.9 Å². The van der Waals surface area contributed by atoms with E-state index in [4.69, 9.17) is 4.74 Å². The smallest absolute Gasteiger partial charge is 0.202 e. The molecule has 2 aromatic carbocycles. The van der Waals surface area contributed by atoms with Gasteiger partial charge in [-0.3, -0.25) is 4.79 Å². The van der Waals surface area contributed by atoms with Gasteiger partial charge in [-0.05, 0) is 31.0 Å². The van der Waals surface area contributed by atoms with Crippen LogP contribution in [0.5, 0.6) is 5.75 Å². The summed E-state index contributed by atoms with van der Waals surface area (Å²) in [6.07, 6.45) is 0.500. The number of ether oxygens (including phenoxy) is 1. The number of hydrogen-bond acceptors (Lipinski definition) is 2. The van der Waals surface area contributed by atoms with Crippen LogP contribution in [-0.2, 0) is 6.42 Å². The summed E-state index contributed by atoms with van der Waals surface area (Å²) < 4.78 is 5.64. The van der Waals surface area contributed by atoms with E-state index in [1.165, 1.54) is 5.56 Å². The molecular weight excluding hydrogens is 236 g/mol. The SMILES string of the molecule is CCc1ccc(C(=O)C(C)Oc2ccccc2)cc1. The second-order valence-electron chi connectivity index (χ2n) is 4.49. The largest absolute Gasteiger partial charge is 0.483 e. The Kier molecular flexibility index (Phi) is 4.35. The Hall–Kier alpha value is -2.09. The number of ketones is 1. The van der Waals surface area contributed by atoms with Crippen LogP contribution in [0.4, 0.5) is 0 Å². The van der Waals surface area contributed by atoms with Gasteiger partial charge < -0.3 is 4.74 Å². The first-order valence-corrected chi connectivity index (χ1v) is 6.55. The fourth-order valence-corrected chi connectivity index (χ4v) is 1.90. The predicted octanol–water partition coefficient (Wildman–Crippen LogP) is 3.90. The highest BCUT2D eigenvalue weighted by Gasteiger charge is 2.16. The molecule has 0 N–H and O–H groups in total. The van der Waals surface area contributed by atoms with Gasteiger partial charge in [0.2, 0.25) is 5.78 Å². The monoisotopic (exact) mass is 254 g/mol. The minimum atomic E-state index is -0.477. The molecule has 98 valence electrons. The molecule has 0 bridgehead atoms. The summed E-state index contributed by atoms with van der Waals surface area (Å²) in [5.74, 6) is 0.722. The van der Waals surface area contributed by atoms with E-state index in [-0.39, 0.29) is 5.78 Å². The zero-order chi connectivity index (χ0) is 13.7. The maximum atomic E-state index is 12.2. The average Bonchev–Trinajstić information content (AvgIpc) is 2.47. The zero-order valence-corrected chi connectivity index (χ0v) is 11.3. The van der Waals surface area contributed by atoms with E-state index < -0.39 is 6.10 Å². The van der Waals surface area contributed by atoms with Gasteiger partial charge in [-0.1, -0.05) is 49.4 Å². The molecule has 0 saturated heterocycles. The second-order valence-corrected chi connectivity index (χ2v) is 4.49. The van der Waals surface area contributed by atoms with Crippen LogP contribution in [0.25, 0.3) is 0 Å². The van der Waals surface area contributed by atoms with E-state index in [2.05, 4.69) is 6.92 Å². The van der Waals surface area contributed by atoms with E-state index in [9.17, 15) is 4.79 Å². The molecule has 19 heavy (non-hydrogen) atoms. The molecule has 1 unspecified atom stereocenters. The molecule has 2 nitrogen and oxygen atoms in total. The number of hydrogen-bond donors (Lipinski definition) is 0. The fraction of sp³-hybridized carbons (Fsp3) is 0.235. The molecule has 0 heterocycles. The van der Waals surface area contributed by atoms with Crippen LogP contribution in [0.1, 0.15) is 29.8 Å². The Balaban J connectivity index is 2.06. The van der Waals surface area contributed by atoms with Gasteiger partial charge in [0.1, 0.15) is 5.75 Å². The molecule has 1 atom stereocenters. The normalized spacial score (nSPS) is 11.9. The number of aryl methyl sites for hydroxylation is 1. The van der Waals surface area contributed by atoms with E-state index in [1.54, 1.807) is 6.92 Å². The molecule has 0 saturated carbocycles. The maximum Gasteiger partial charge on any atom is 0.202 e. The molecule has 0 spiro atoms. The number of Topliss-reactive ketones (excluding diaryl/α,β-unsaturated/α-hetero) is 1. The minimum Gasteiger partial charge on any atom is -0.483 e. The molecular formula is C17H18O2. The zero-order valence-electron chi connectivity index (χ0n) is 11.3. The van der Waals surface area contributed by atoms with Gasteiger partial charge in [0.05, 0.1) is 0 Å². The van der Waals surface area contributed by atoms with Crippen molar-refractivity contribution in [1.29, 1.82) is 0 Å². The van der Waals surface area contributed by atoms with E-state index in [1.807, 2.05) is 54.6 Å². The lowest BCUT2D eigenvalue weighted by atomic mass is 10.0. The summed E-state index contributed by atoms with van der Waals surface area (Å²) >= 11 is 0. The van der Waals surface area contributed by atoms with Gasteiger partial charge in [0, 0.05) is 5.56 Å². The van der Waals surface area contributed by atoms with Crippen LogP contribution in [0.3, 0.4) is 0 Å². The maximum absolute atomic E-state index is 12.2. The van der Waals surface area contributed by atoms with Crippen molar-refractivity contribution >= 4 is 5.78 Å². The molecule has 0 aliphatic carbocycles. The number of benzene rings is 2. The number of para-hydroxylation sites is 1. The molecule has 0 fully saturated rings. The van der Waals surface area contributed by atoms with Gasteiger partial charge in [-0.2, -0.15) is 0 Å². The number of carbonyl (C=O) groups excluding carboxylic acids is 1. The van der Waals surface area contributed by atoms with Crippen LogP contribution in [0.15, 0.2) is 54.6 Å². The first-order valence-electron chi connectivity index (χ1n) is 6.55. The average molecular weight is 254 g/mol. The number of carbonyl (C=O) groups is 1. The van der Waals surface area contributed by atoms with E-state index in [0.29, 0.717) is 11.3 Å². The summed E-state index contributed by atoms with van der Waals surface area (Å²) in [5.41, 5.74) is 1.92. The van der Waals surface area contributed by atoms with Gasteiger partial charge in [-0.15, -0.1) is 0 Å². The highest BCUT2D eigenvalue weighted by atomic mass is 16.5. The van der Waals surface area contributed by atoms with Gasteiger partial charge in [0.15, 0.2) is 6.10 Å². The second kappa shape index (κ2) is 6.19. The highest BCUT2D eigenvalue weighted by Crippen LogP contribution is 2.14. The third kappa shape index (κ3) is 3.44. The highest BCUT2D eigenvalue weighted by molar-refractivity contribution is 5.99. The van der Waals surface area contributed by atoms with Crippen molar-refractivity contribution in [3.05, 3.63) is 65.7 Å². The standard InChI is InChI=1S/C17H18O2/c1-3-14-9-11-15(12-10-14)17(18)13(2)19-16-7-5-4-6-8-16/h4-13H,3H2,1-2H3. The summed E-state index contributed by atoms with van der Waals surface area (Å²) in [6, 6.07) is 17.1. The van der Waals surface area contributed by atoms with Gasteiger partial charge in [0.25, 0.3) is 0 Å². The van der Waals surface area contributed by atoms with Crippen molar-refractivity contribution in [2.24, 2.45) is 0 Å². The van der Waals surface area contributed by atoms with Crippen molar-refractivity contribution in [1.82, 2.24) is 0 Å². The number of rotatable bonds is 5. The van der Waals surface area contributed by atoms with Gasteiger partial charge >= 0.3 is 0 Å². The van der Waals surface area contributed by atoms with Gasteiger partial charge in [-0.25, -0.2) is 0 Å². The predicted molar refractivity (Wildman–Crippen MR) is 76.7 cm³/mol. The van der Waals surface area contributed by atoms with Crippen molar-refractivity contribution < 1.29 is 9.53 Å². The first kappa shape index (κ1) is 13.3. The Morgan fingerprint density at radius 3 is 2.26 bits per heavy atom. The lowest BCUT2D eigenvalue weighted by Gasteiger charge is -2.13. The lowest BCUT2D eigenvalue weighted by Crippen LogP contribution is -2.23. The van der Waals surface area contributed by atoms with Crippen LogP contribution in [0.2, 0.25) is 0 Å². The molecule has 2 rings (SSSR count). The molecule has 2 aromatic rings. The summed E-state index contributed by atoms with van der Waals surface area (Å²) in [5, 5.41) is 0. The molecule has 0 aliphatic heterocycles. The Morgan fingerprint density at radius 2 is 1.68 bits per heavy atom. The molecule has 0 amide bonds. The molecule has 0 radical (unpaired) electrons. The Bertz CT molecular complexity index is 529. The van der Waals surface area contributed by atoms with Crippen molar-refractivity contribution in [2.45, 2.75) is 26.4 Å². The first-order chi connectivity index (χ1) is 9.20.